The molecule has 10 heteroatoms. The average molecular weight is 469 g/mol. The minimum atomic E-state index is -1.13. The van der Waals surface area contributed by atoms with Crippen molar-refractivity contribution in [2.75, 3.05) is 26.5 Å². The van der Waals surface area contributed by atoms with E-state index < -0.39 is 5.60 Å². The summed E-state index contributed by atoms with van der Waals surface area (Å²) in [6.07, 6.45) is 3.54. The summed E-state index contributed by atoms with van der Waals surface area (Å²) < 4.78 is 11.5. The van der Waals surface area contributed by atoms with E-state index in [-0.39, 0.29) is 12.3 Å². The molecule has 0 aliphatic heterocycles. The summed E-state index contributed by atoms with van der Waals surface area (Å²) in [5.41, 5.74) is 3.06. The summed E-state index contributed by atoms with van der Waals surface area (Å²) in [7, 11) is 5.12. The number of aryl methyl sites for hydroxylation is 1. The largest absolute Gasteiger partial charge is 0.453 e. The van der Waals surface area contributed by atoms with Crippen LogP contribution in [-0.2, 0) is 16.0 Å². The number of para-hydroxylation sites is 1. The number of hydrazone groups is 1. The highest BCUT2D eigenvalue weighted by atomic mass is 32.1. The molecule has 0 aliphatic rings. The van der Waals surface area contributed by atoms with E-state index in [1.807, 2.05) is 62.8 Å². The van der Waals surface area contributed by atoms with Gasteiger partial charge in [0.15, 0.2) is 22.3 Å². The molecule has 0 saturated heterocycles. The maximum absolute atomic E-state index is 12.6. The Morgan fingerprint density at radius 2 is 2.06 bits per heavy atom. The lowest BCUT2D eigenvalue weighted by Crippen LogP contribution is -2.46. The highest BCUT2D eigenvalue weighted by Gasteiger charge is 2.34. The van der Waals surface area contributed by atoms with Gasteiger partial charge in [-0.3, -0.25) is 4.79 Å². The van der Waals surface area contributed by atoms with E-state index in [0.717, 1.165) is 5.56 Å². The molecule has 9 nitrogen and oxygen atoms in total. The van der Waals surface area contributed by atoms with Gasteiger partial charge in [-0.2, -0.15) is 5.10 Å². The molecule has 0 spiro atoms. The number of carbonyl (C=O) groups is 1. The molecule has 2 N–H and O–H groups in total. The van der Waals surface area contributed by atoms with Crippen LogP contribution in [-0.4, -0.2) is 53.9 Å². The fourth-order valence-corrected chi connectivity index (χ4v) is 3.50. The highest BCUT2D eigenvalue weighted by Crippen LogP contribution is 2.32. The molecule has 2 aromatic heterocycles. The molecule has 2 heterocycles. The monoisotopic (exact) mass is 468 g/mol. The molecule has 174 valence electrons. The summed E-state index contributed by atoms with van der Waals surface area (Å²) in [5, 5.41) is 9.63. The van der Waals surface area contributed by atoms with Crippen LogP contribution in [0, 0.1) is 6.92 Å². The lowest BCUT2D eigenvalue weighted by molar-refractivity contribution is -0.141. The van der Waals surface area contributed by atoms with Crippen molar-refractivity contribution in [3.05, 3.63) is 59.2 Å². The number of rotatable bonds is 10. The molecule has 0 fully saturated rings. The first-order chi connectivity index (χ1) is 15.8. The number of anilines is 2. The summed E-state index contributed by atoms with van der Waals surface area (Å²) in [6.45, 7) is 3.66. The number of pyridine rings is 1. The Morgan fingerprint density at radius 1 is 1.30 bits per heavy atom. The second-order valence-electron chi connectivity index (χ2n) is 7.80. The fraction of sp³-hybridized carbons (Fsp3) is 0.304. The van der Waals surface area contributed by atoms with Gasteiger partial charge in [0, 0.05) is 39.2 Å². The third-order valence-electron chi connectivity index (χ3n) is 4.64. The van der Waals surface area contributed by atoms with Crippen molar-refractivity contribution in [2.24, 2.45) is 5.10 Å². The SMILES string of the molecule is COC(C)(Cc1csc(Nc2ncc(C)cc2Oc2ccccc2)n1)C(=O)N/N=C/N(C)C. The molecule has 0 aliphatic carbocycles. The Morgan fingerprint density at radius 3 is 2.76 bits per heavy atom. The second kappa shape index (κ2) is 10.9. The molecule has 0 bridgehead atoms. The zero-order chi connectivity index (χ0) is 23.8. The Kier molecular flexibility index (Phi) is 7.96. The van der Waals surface area contributed by atoms with Crippen molar-refractivity contribution in [3.63, 3.8) is 0 Å². The van der Waals surface area contributed by atoms with Crippen molar-refractivity contribution in [2.45, 2.75) is 25.9 Å². The number of aromatic nitrogens is 2. The molecule has 3 aromatic rings. The van der Waals surface area contributed by atoms with Gasteiger partial charge in [-0.25, -0.2) is 15.4 Å². The molecule has 3 rings (SSSR count). The third kappa shape index (κ3) is 6.74. The fourth-order valence-electron chi connectivity index (χ4n) is 2.79. The maximum Gasteiger partial charge on any atom is 0.272 e. The minimum Gasteiger partial charge on any atom is -0.453 e. The predicted molar refractivity (Wildman–Crippen MR) is 130 cm³/mol. The smallest absolute Gasteiger partial charge is 0.272 e. The first-order valence-electron chi connectivity index (χ1n) is 10.3. The van der Waals surface area contributed by atoms with Gasteiger partial charge in [0.05, 0.1) is 5.69 Å². The van der Waals surface area contributed by atoms with E-state index in [0.29, 0.717) is 28.1 Å². The maximum atomic E-state index is 12.6. The summed E-state index contributed by atoms with van der Waals surface area (Å²) in [6, 6.07) is 11.4. The number of amides is 1. The Labute approximate surface area is 197 Å². The molecule has 1 amide bonds. The first kappa shape index (κ1) is 24.1. The number of methoxy groups -OCH3 is 1. The third-order valence-corrected chi connectivity index (χ3v) is 5.45. The number of nitrogens with zero attached hydrogens (tertiary/aromatic N) is 4. The summed E-state index contributed by atoms with van der Waals surface area (Å²) >= 11 is 1.41. The number of nitrogens with one attached hydrogen (secondary N) is 2. The molecule has 33 heavy (non-hydrogen) atoms. The van der Waals surface area contributed by atoms with Crippen LogP contribution in [0.2, 0.25) is 0 Å². The van der Waals surface area contributed by atoms with Crippen LogP contribution in [0.5, 0.6) is 11.5 Å². The van der Waals surface area contributed by atoms with Crippen molar-refractivity contribution in [1.29, 1.82) is 0 Å². The average Bonchev–Trinajstić information content (AvgIpc) is 3.22. The van der Waals surface area contributed by atoms with Crippen LogP contribution in [0.4, 0.5) is 10.9 Å². The van der Waals surface area contributed by atoms with Gasteiger partial charge in [-0.15, -0.1) is 11.3 Å². The van der Waals surface area contributed by atoms with Crippen LogP contribution < -0.4 is 15.5 Å². The zero-order valence-corrected chi connectivity index (χ0v) is 20.1. The standard InChI is InChI=1S/C23H28N6O3S/c1-16-11-19(32-18-9-7-6-8-10-18)20(24-13-16)27-22-26-17(14-33-22)12-23(2,31-5)21(30)28-25-15-29(3)4/h6-11,13-15H,12H2,1-5H3,(H,28,30)(H,24,26,27)/b25-15+. The molecule has 1 atom stereocenters. The van der Waals surface area contributed by atoms with Gasteiger partial charge in [0.2, 0.25) is 0 Å². The summed E-state index contributed by atoms with van der Waals surface area (Å²) in [4.78, 5) is 23.4. The first-order valence-corrected chi connectivity index (χ1v) is 11.1. The Balaban J connectivity index is 1.72. The summed E-state index contributed by atoms with van der Waals surface area (Å²) in [5.74, 6) is 1.50. The van der Waals surface area contributed by atoms with Gasteiger partial charge in [0.25, 0.3) is 5.91 Å². The van der Waals surface area contributed by atoms with Crippen molar-refractivity contribution in [1.82, 2.24) is 20.3 Å². The van der Waals surface area contributed by atoms with Crippen LogP contribution in [0.1, 0.15) is 18.2 Å². The molecule has 1 aromatic carbocycles. The van der Waals surface area contributed by atoms with Crippen LogP contribution >= 0.6 is 11.3 Å². The second-order valence-corrected chi connectivity index (χ2v) is 8.66. The number of benzene rings is 1. The van der Waals surface area contributed by atoms with E-state index in [9.17, 15) is 4.79 Å². The number of hydrogen-bond acceptors (Lipinski definition) is 8. The minimum absolute atomic E-state index is 0.277. The number of hydrogen-bond donors (Lipinski definition) is 2. The van der Waals surface area contributed by atoms with E-state index >= 15 is 0 Å². The normalized spacial score (nSPS) is 12.9. The highest BCUT2D eigenvalue weighted by molar-refractivity contribution is 7.13. The van der Waals surface area contributed by atoms with Crippen LogP contribution in [0.3, 0.4) is 0 Å². The quantitative estimate of drug-likeness (QED) is 0.264. The topological polar surface area (TPSA) is 101 Å². The molecule has 1 unspecified atom stereocenters. The van der Waals surface area contributed by atoms with E-state index in [4.69, 9.17) is 9.47 Å². The van der Waals surface area contributed by atoms with Gasteiger partial charge in [-0.1, -0.05) is 18.2 Å². The lowest BCUT2D eigenvalue weighted by atomic mass is 9.99. The van der Waals surface area contributed by atoms with Gasteiger partial charge < -0.3 is 19.7 Å². The molecular weight excluding hydrogens is 440 g/mol. The molecule has 0 radical (unpaired) electrons. The van der Waals surface area contributed by atoms with E-state index in [1.54, 1.807) is 18.0 Å². The van der Waals surface area contributed by atoms with Crippen LogP contribution in [0.15, 0.2) is 53.1 Å². The van der Waals surface area contributed by atoms with Crippen molar-refractivity contribution < 1.29 is 14.3 Å². The van der Waals surface area contributed by atoms with Crippen molar-refractivity contribution in [3.8, 4) is 11.5 Å². The Hall–Kier alpha value is -3.50. The van der Waals surface area contributed by atoms with Gasteiger partial charge >= 0.3 is 0 Å². The number of ether oxygens (including phenoxy) is 2. The molecular formula is C23H28N6O3S. The number of carbonyl (C=O) groups excluding carboxylic acids is 1. The van der Waals surface area contributed by atoms with E-state index in [2.05, 4.69) is 25.8 Å². The van der Waals surface area contributed by atoms with Gasteiger partial charge in [-0.05, 0) is 37.6 Å². The van der Waals surface area contributed by atoms with E-state index in [1.165, 1.54) is 24.8 Å². The Bertz CT molecular complexity index is 1100. The zero-order valence-electron chi connectivity index (χ0n) is 19.3. The molecule has 0 saturated carbocycles. The van der Waals surface area contributed by atoms with Crippen LogP contribution in [0.25, 0.3) is 0 Å². The predicted octanol–water partition coefficient (Wildman–Crippen LogP) is 3.95. The van der Waals surface area contributed by atoms with Crippen molar-refractivity contribution >= 4 is 34.5 Å². The number of thiazole rings is 1. The van der Waals surface area contributed by atoms with Gasteiger partial charge in [0.1, 0.15) is 12.1 Å². The lowest BCUT2D eigenvalue weighted by Gasteiger charge is -2.24.